The number of aryl methyl sites for hydroxylation is 1. The molecule has 2 aromatic carbocycles. The second-order valence-electron chi connectivity index (χ2n) is 8.98. The summed E-state index contributed by atoms with van der Waals surface area (Å²) in [5.41, 5.74) is 1.93. The molecule has 0 saturated carbocycles. The molecular weight excluding hydrogens is 595 g/mol. The molecule has 4 heterocycles. The highest BCUT2D eigenvalue weighted by atomic mass is 79.9. The zero-order chi connectivity index (χ0) is 26.2. The van der Waals surface area contributed by atoms with Crippen LogP contribution in [0.1, 0.15) is 23.6 Å². The lowest BCUT2D eigenvalue weighted by atomic mass is 9.96. The van der Waals surface area contributed by atoms with Crippen molar-refractivity contribution < 1.29 is 23.3 Å². The zero-order valence-electron chi connectivity index (χ0n) is 20.4. The number of thioether (sulfide) groups is 1. The van der Waals surface area contributed by atoms with Gasteiger partial charge in [-0.05, 0) is 25.1 Å². The summed E-state index contributed by atoms with van der Waals surface area (Å²) in [5.74, 6) is -0.335. The van der Waals surface area contributed by atoms with Crippen LogP contribution in [0, 0.1) is 12.7 Å². The number of hydrogen-bond acceptors (Lipinski definition) is 9. The lowest BCUT2D eigenvalue weighted by Crippen LogP contribution is -2.59. The maximum atomic E-state index is 14.7. The third kappa shape index (κ3) is 5.18. The van der Waals surface area contributed by atoms with Crippen LogP contribution in [-0.4, -0.2) is 57.4 Å². The van der Waals surface area contributed by atoms with E-state index < -0.39 is 36.1 Å². The fourth-order valence-electron chi connectivity index (χ4n) is 4.68. The molecule has 0 N–H and O–H groups in total. The third-order valence-corrected chi connectivity index (χ3v) is 9.10. The molecule has 3 unspecified atom stereocenters. The minimum absolute atomic E-state index is 0.294. The number of rotatable bonds is 6. The van der Waals surface area contributed by atoms with Crippen LogP contribution in [0.25, 0.3) is 10.7 Å². The Bertz CT molecular complexity index is 1410. The topological polar surface area (TPSA) is 80.5 Å². The Labute approximate surface area is 235 Å². The van der Waals surface area contributed by atoms with Gasteiger partial charge >= 0.3 is 0 Å². The Morgan fingerprint density at radius 1 is 1.18 bits per heavy atom. The Hall–Kier alpha value is -2.19. The van der Waals surface area contributed by atoms with Gasteiger partial charge in [0.25, 0.3) is 0 Å². The van der Waals surface area contributed by atoms with Crippen LogP contribution in [0.15, 0.2) is 69.5 Å². The predicted molar refractivity (Wildman–Crippen MR) is 144 cm³/mol. The number of aromatic nitrogens is 4. The van der Waals surface area contributed by atoms with Crippen LogP contribution in [0.4, 0.5) is 4.39 Å². The van der Waals surface area contributed by atoms with E-state index in [-0.39, 0.29) is 5.82 Å². The van der Waals surface area contributed by atoms with Gasteiger partial charge in [0.2, 0.25) is 0 Å². The number of nitrogens with zero attached hydrogens (tertiary/aromatic N) is 4. The second kappa shape index (κ2) is 11.1. The van der Waals surface area contributed by atoms with E-state index in [1.54, 1.807) is 23.9 Å². The molecule has 2 saturated heterocycles. The molecule has 38 heavy (non-hydrogen) atoms. The predicted octanol–water partition coefficient (Wildman–Crippen LogP) is 5.80. The Kier molecular flexibility index (Phi) is 7.63. The largest absolute Gasteiger partial charge is 0.375 e. The summed E-state index contributed by atoms with van der Waals surface area (Å²) in [6.45, 7) is 2.24. The monoisotopic (exact) mass is 618 g/mol. The number of benzene rings is 2. The second-order valence-corrected chi connectivity index (χ2v) is 11.9. The fraction of sp³-hybridized carbons (Fsp3) is 0.346. The van der Waals surface area contributed by atoms with Gasteiger partial charge < -0.3 is 18.9 Å². The van der Waals surface area contributed by atoms with Crippen molar-refractivity contribution in [2.75, 3.05) is 13.7 Å². The Balaban J connectivity index is 1.36. The van der Waals surface area contributed by atoms with E-state index >= 15 is 0 Å². The number of halogens is 2. The summed E-state index contributed by atoms with van der Waals surface area (Å²) in [7, 11) is 1.61. The molecule has 2 aliphatic heterocycles. The summed E-state index contributed by atoms with van der Waals surface area (Å²) < 4.78 is 42.3. The van der Waals surface area contributed by atoms with Crippen LogP contribution >= 0.6 is 39.0 Å². The van der Waals surface area contributed by atoms with Gasteiger partial charge in [-0.25, -0.2) is 14.1 Å². The number of fused-ring (bicyclic) bond motifs is 1. The summed E-state index contributed by atoms with van der Waals surface area (Å²) in [4.78, 5) is 4.99. The van der Waals surface area contributed by atoms with Crippen LogP contribution in [-0.2, 0) is 18.9 Å². The lowest BCUT2D eigenvalue weighted by molar-refractivity contribution is -0.308. The van der Waals surface area contributed by atoms with Gasteiger partial charge in [-0.15, -0.1) is 16.4 Å². The molecule has 198 valence electrons. The molecule has 12 heteroatoms. The molecule has 6 atom stereocenters. The van der Waals surface area contributed by atoms with Crippen molar-refractivity contribution in [2.45, 2.75) is 47.9 Å². The number of thiazole rings is 1. The van der Waals surface area contributed by atoms with Gasteiger partial charge in [0, 0.05) is 33.1 Å². The fourth-order valence-corrected chi connectivity index (χ4v) is 7.17. The number of ether oxygens (including phenoxy) is 4. The molecule has 6 rings (SSSR count). The van der Waals surface area contributed by atoms with E-state index in [2.05, 4.69) is 31.2 Å². The molecule has 2 aromatic heterocycles. The van der Waals surface area contributed by atoms with Gasteiger partial charge in [0.1, 0.15) is 46.3 Å². The highest BCUT2D eigenvalue weighted by Gasteiger charge is 2.52. The van der Waals surface area contributed by atoms with Crippen LogP contribution < -0.4 is 0 Å². The van der Waals surface area contributed by atoms with E-state index in [4.69, 9.17) is 18.9 Å². The van der Waals surface area contributed by atoms with Gasteiger partial charge in [-0.1, -0.05) is 63.2 Å². The Morgan fingerprint density at radius 3 is 2.79 bits per heavy atom. The first-order valence-electron chi connectivity index (χ1n) is 12.0. The van der Waals surface area contributed by atoms with Crippen LogP contribution in [0.3, 0.4) is 0 Å². The molecule has 0 amide bonds. The molecule has 0 radical (unpaired) electrons. The highest BCUT2D eigenvalue weighted by Crippen LogP contribution is 2.45. The van der Waals surface area contributed by atoms with Gasteiger partial charge in [-0.3, -0.25) is 0 Å². The first-order chi connectivity index (χ1) is 18.5. The highest BCUT2D eigenvalue weighted by molar-refractivity contribution is 9.10. The third-order valence-electron chi connectivity index (χ3n) is 6.44. The van der Waals surface area contributed by atoms with E-state index in [0.717, 1.165) is 20.7 Å². The molecule has 2 aliphatic rings. The van der Waals surface area contributed by atoms with E-state index in [1.807, 2.05) is 48.8 Å². The number of methoxy groups -OCH3 is 1. The average molecular weight is 620 g/mol. The van der Waals surface area contributed by atoms with Gasteiger partial charge in [0.05, 0.1) is 12.8 Å². The van der Waals surface area contributed by atoms with Crippen molar-refractivity contribution in [3.63, 3.8) is 0 Å². The van der Waals surface area contributed by atoms with Gasteiger partial charge in [-0.2, -0.15) is 0 Å². The SMILES string of the molecule is CO[C@H]1C(n2cc(-c3nc(C)cs3)nn2)[C@H]2OC(c3ccccc3)OCC2O[C@@H]1Sc1cc(Br)ccc1F. The minimum atomic E-state index is -0.572. The molecule has 0 bridgehead atoms. The summed E-state index contributed by atoms with van der Waals surface area (Å²) in [6, 6.07) is 14.2. The normalized spacial score (nSPS) is 27.3. The first-order valence-corrected chi connectivity index (χ1v) is 14.5. The molecule has 2 fully saturated rings. The molecule has 8 nitrogen and oxygen atoms in total. The standard InChI is InChI=1S/C26H24BrFN4O4S2/c1-14-13-37-24(29-14)18-11-32(31-30-18)21-22-19(12-34-25(36-22)15-6-4-3-5-7-15)35-26(23(21)33-2)38-20-10-16(27)8-9-17(20)28/h3-11,13,19,21-23,25-26H,12H2,1-2H3/t19?,21?,22-,23-,25?,26+/m0/s1. The lowest BCUT2D eigenvalue weighted by Gasteiger charge is -2.48. The van der Waals surface area contributed by atoms with Crippen molar-refractivity contribution in [2.24, 2.45) is 0 Å². The molecule has 0 spiro atoms. The van der Waals surface area contributed by atoms with Gasteiger partial charge in [0.15, 0.2) is 6.29 Å². The summed E-state index contributed by atoms with van der Waals surface area (Å²) in [5, 5.41) is 11.6. The quantitative estimate of drug-likeness (QED) is 0.268. The zero-order valence-corrected chi connectivity index (χ0v) is 23.7. The summed E-state index contributed by atoms with van der Waals surface area (Å²) >= 11 is 6.20. The maximum Gasteiger partial charge on any atom is 0.184 e. The smallest absolute Gasteiger partial charge is 0.184 e. The van der Waals surface area contributed by atoms with Crippen molar-refractivity contribution in [3.8, 4) is 10.7 Å². The molecular formula is C26H24BrFN4O4S2. The van der Waals surface area contributed by atoms with E-state index in [1.165, 1.54) is 29.2 Å². The average Bonchev–Trinajstić information content (AvgIpc) is 3.59. The number of hydrogen-bond donors (Lipinski definition) is 0. The maximum absolute atomic E-state index is 14.7. The van der Waals surface area contributed by atoms with Crippen LogP contribution in [0.2, 0.25) is 0 Å². The molecule has 4 aromatic rings. The van der Waals surface area contributed by atoms with E-state index in [9.17, 15) is 4.39 Å². The van der Waals surface area contributed by atoms with E-state index in [0.29, 0.717) is 17.2 Å². The van der Waals surface area contributed by atoms with Crippen molar-refractivity contribution in [1.82, 2.24) is 20.0 Å². The summed E-state index contributed by atoms with van der Waals surface area (Å²) in [6.07, 6.45) is -0.154. The first kappa shape index (κ1) is 26.1. The van der Waals surface area contributed by atoms with Crippen LogP contribution in [0.5, 0.6) is 0 Å². The van der Waals surface area contributed by atoms with Crippen molar-refractivity contribution in [1.29, 1.82) is 0 Å². The Morgan fingerprint density at radius 2 is 2.03 bits per heavy atom. The van der Waals surface area contributed by atoms with Crippen molar-refractivity contribution in [3.05, 3.63) is 81.7 Å². The van der Waals surface area contributed by atoms with Crippen molar-refractivity contribution >= 4 is 39.0 Å². The minimum Gasteiger partial charge on any atom is -0.375 e. The molecule has 0 aliphatic carbocycles.